The number of allylic oxidation sites excluding steroid dienone is 2. The number of aliphatic carboxylic acids is 1. The first-order chi connectivity index (χ1) is 26.3. The van der Waals surface area contributed by atoms with E-state index in [1.807, 2.05) is 18.2 Å². The van der Waals surface area contributed by atoms with Crippen LogP contribution in [0.5, 0.6) is 0 Å². The summed E-state index contributed by atoms with van der Waals surface area (Å²) in [5.41, 5.74) is 5.31. The van der Waals surface area contributed by atoms with E-state index in [1.54, 1.807) is 6.08 Å². The van der Waals surface area contributed by atoms with Gasteiger partial charge in [0, 0.05) is 25.2 Å². The highest BCUT2D eigenvalue weighted by molar-refractivity contribution is 7.47. The smallest absolute Gasteiger partial charge is 0.472 e. The molecule has 0 radical (unpaired) electrons. The van der Waals surface area contributed by atoms with Crippen LogP contribution < -0.4 is 5.73 Å². The molecule has 14 nitrogen and oxygen atoms in total. The maximum atomic E-state index is 12.6. The number of ether oxygens (including phenoxy) is 2. The molecular formula is C40H72NO13P. The van der Waals surface area contributed by atoms with Crippen LogP contribution in [0.1, 0.15) is 149 Å². The summed E-state index contributed by atoms with van der Waals surface area (Å²) in [5, 5.41) is 40.1. The Morgan fingerprint density at radius 3 is 2.00 bits per heavy atom. The molecule has 0 aromatic carbocycles. The fourth-order valence-corrected chi connectivity index (χ4v) is 7.19. The molecule has 0 heterocycles. The third-order valence-corrected chi connectivity index (χ3v) is 10.7. The summed E-state index contributed by atoms with van der Waals surface area (Å²) in [6.07, 6.45) is 22.1. The molecule has 1 unspecified atom stereocenters. The number of aliphatic hydroxyl groups excluding tert-OH is 3. The van der Waals surface area contributed by atoms with Crippen molar-refractivity contribution in [1.29, 1.82) is 0 Å². The molecule has 1 rings (SSSR count). The zero-order valence-corrected chi connectivity index (χ0v) is 34.2. The molecule has 320 valence electrons. The Kier molecular flexibility index (Phi) is 28.6. The van der Waals surface area contributed by atoms with Gasteiger partial charge in [-0.3, -0.25) is 23.4 Å². The number of esters is 2. The monoisotopic (exact) mass is 805 g/mol. The second kappa shape index (κ2) is 30.9. The zero-order valence-electron chi connectivity index (χ0n) is 33.3. The lowest BCUT2D eigenvalue weighted by atomic mass is 9.89. The number of carboxylic acid groups (broad SMARTS) is 1. The maximum absolute atomic E-state index is 12.6. The van der Waals surface area contributed by atoms with Gasteiger partial charge >= 0.3 is 25.7 Å². The SMILES string of the molecule is CCCCCCCCCCCCCC(=O)O[C@H](COC(=O)CCC/C=C/C[C@@H]1[C@@H](/C=C/[C@@H](O)CCCCC)[C@H](O)C[C@@H]1O)COP(=O)(O)OC[C@H](N)C(=O)O. The van der Waals surface area contributed by atoms with Crippen molar-refractivity contribution in [3.63, 3.8) is 0 Å². The van der Waals surface area contributed by atoms with Crippen molar-refractivity contribution in [1.82, 2.24) is 0 Å². The third kappa shape index (κ3) is 25.7. The second-order valence-electron chi connectivity index (χ2n) is 14.7. The molecule has 1 saturated carbocycles. The van der Waals surface area contributed by atoms with E-state index in [0.717, 1.165) is 44.9 Å². The average molecular weight is 806 g/mol. The molecule has 1 aliphatic rings. The van der Waals surface area contributed by atoms with Crippen LogP contribution >= 0.6 is 7.82 Å². The minimum atomic E-state index is -4.77. The van der Waals surface area contributed by atoms with Gasteiger partial charge < -0.3 is 40.5 Å². The Hall–Kier alpha value is -2.16. The molecule has 8 atom stereocenters. The molecule has 0 spiro atoms. The summed E-state index contributed by atoms with van der Waals surface area (Å²) in [4.78, 5) is 46.0. The Morgan fingerprint density at radius 2 is 1.36 bits per heavy atom. The molecule has 0 bridgehead atoms. The molecule has 0 amide bonds. The highest BCUT2D eigenvalue weighted by Crippen LogP contribution is 2.43. The van der Waals surface area contributed by atoms with E-state index in [9.17, 15) is 39.2 Å². The molecular weight excluding hydrogens is 733 g/mol. The van der Waals surface area contributed by atoms with Gasteiger partial charge in [-0.15, -0.1) is 0 Å². The van der Waals surface area contributed by atoms with Crippen LogP contribution in [0.2, 0.25) is 0 Å². The number of rotatable bonds is 34. The van der Waals surface area contributed by atoms with E-state index >= 15 is 0 Å². The van der Waals surface area contributed by atoms with E-state index in [-0.39, 0.29) is 31.1 Å². The number of carboxylic acids is 1. The number of carbonyl (C=O) groups excluding carboxylic acids is 2. The Morgan fingerprint density at radius 1 is 0.782 bits per heavy atom. The normalized spacial score (nSPS) is 21.4. The van der Waals surface area contributed by atoms with Crippen molar-refractivity contribution in [2.24, 2.45) is 17.6 Å². The van der Waals surface area contributed by atoms with Crippen LogP contribution in [0, 0.1) is 11.8 Å². The summed E-state index contributed by atoms with van der Waals surface area (Å²) in [5.74, 6) is -3.05. The van der Waals surface area contributed by atoms with Crippen LogP contribution in [0.25, 0.3) is 0 Å². The van der Waals surface area contributed by atoms with Crippen LogP contribution in [-0.2, 0) is 37.5 Å². The van der Waals surface area contributed by atoms with Gasteiger partial charge in [0.1, 0.15) is 12.6 Å². The lowest BCUT2D eigenvalue weighted by molar-refractivity contribution is -0.161. The predicted octanol–water partition coefficient (Wildman–Crippen LogP) is 6.66. The summed E-state index contributed by atoms with van der Waals surface area (Å²) in [6.45, 7) is 2.43. The lowest BCUT2D eigenvalue weighted by Crippen LogP contribution is -2.34. The highest BCUT2D eigenvalue weighted by atomic mass is 31.2. The van der Waals surface area contributed by atoms with E-state index in [0.29, 0.717) is 32.1 Å². The van der Waals surface area contributed by atoms with E-state index < -0.39 is 76.0 Å². The van der Waals surface area contributed by atoms with Crippen LogP contribution in [0.3, 0.4) is 0 Å². The number of hydrogen-bond acceptors (Lipinski definition) is 12. The van der Waals surface area contributed by atoms with Crippen molar-refractivity contribution >= 4 is 25.7 Å². The number of phosphoric acid groups is 1. The molecule has 1 fully saturated rings. The molecule has 15 heteroatoms. The largest absolute Gasteiger partial charge is 0.480 e. The minimum Gasteiger partial charge on any atom is -0.480 e. The molecule has 55 heavy (non-hydrogen) atoms. The van der Waals surface area contributed by atoms with Gasteiger partial charge in [-0.1, -0.05) is 122 Å². The summed E-state index contributed by atoms with van der Waals surface area (Å²) in [6, 6.07) is -1.56. The second-order valence-corrected chi connectivity index (χ2v) is 16.2. The van der Waals surface area contributed by atoms with Crippen molar-refractivity contribution in [3.8, 4) is 0 Å². The van der Waals surface area contributed by atoms with Crippen molar-refractivity contribution in [2.45, 2.75) is 179 Å². The number of hydrogen-bond donors (Lipinski definition) is 6. The third-order valence-electron chi connectivity index (χ3n) is 9.77. The first-order valence-electron chi connectivity index (χ1n) is 20.6. The van der Waals surface area contributed by atoms with Gasteiger partial charge in [-0.25, -0.2) is 4.57 Å². The first kappa shape index (κ1) is 50.9. The van der Waals surface area contributed by atoms with Gasteiger partial charge in [-0.05, 0) is 38.0 Å². The van der Waals surface area contributed by atoms with Gasteiger partial charge in [0.15, 0.2) is 6.10 Å². The summed E-state index contributed by atoms with van der Waals surface area (Å²) in [7, 11) is -4.77. The first-order valence-corrected chi connectivity index (χ1v) is 22.1. The van der Waals surface area contributed by atoms with E-state index in [4.69, 9.17) is 24.8 Å². The quantitative estimate of drug-likeness (QED) is 0.0173. The summed E-state index contributed by atoms with van der Waals surface area (Å²) >= 11 is 0. The number of unbranched alkanes of at least 4 members (excludes halogenated alkanes) is 13. The summed E-state index contributed by atoms with van der Waals surface area (Å²) < 4.78 is 32.6. The molecule has 0 aromatic heterocycles. The van der Waals surface area contributed by atoms with E-state index in [2.05, 4.69) is 18.4 Å². The van der Waals surface area contributed by atoms with Crippen molar-refractivity contribution < 1.29 is 62.8 Å². The van der Waals surface area contributed by atoms with Gasteiger partial charge in [0.2, 0.25) is 0 Å². The Labute approximate surface area is 328 Å². The van der Waals surface area contributed by atoms with Crippen molar-refractivity contribution in [2.75, 3.05) is 19.8 Å². The molecule has 0 aliphatic heterocycles. The number of aliphatic hydroxyl groups is 3. The molecule has 7 N–H and O–H groups in total. The fraction of sp³-hybridized carbons (Fsp3) is 0.825. The van der Waals surface area contributed by atoms with Crippen LogP contribution in [0.4, 0.5) is 0 Å². The van der Waals surface area contributed by atoms with Gasteiger partial charge in [-0.2, -0.15) is 0 Å². The van der Waals surface area contributed by atoms with Crippen LogP contribution in [0.15, 0.2) is 24.3 Å². The molecule has 0 saturated heterocycles. The van der Waals surface area contributed by atoms with Crippen molar-refractivity contribution in [3.05, 3.63) is 24.3 Å². The fourth-order valence-electron chi connectivity index (χ4n) is 6.41. The molecule has 1 aliphatic carbocycles. The van der Waals surface area contributed by atoms with E-state index in [1.165, 1.54) is 38.5 Å². The number of nitrogens with two attached hydrogens (primary N) is 1. The number of phosphoric ester groups is 1. The average Bonchev–Trinajstić information content (AvgIpc) is 3.41. The predicted molar refractivity (Wildman–Crippen MR) is 210 cm³/mol. The van der Waals surface area contributed by atoms with Gasteiger partial charge in [0.05, 0.1) is 31.5 Å². The number of carbonyl (C=O) groups is 3. The Balaban J connectivity index is 2.54. The lowest BCUT2D eigenvalue weighted by Gasteiger charge is -2.20. The highest BCUT2D eigenvalue weighted by Gasteiger charge is 2.39. The zero-order chi connectivity index (χ0) is 40.9. The standard InChI is InChI=1S/C40H72NO13P/c1-3-5-7-8-9-10-11-12-13-14-20-24-39(46)54-32(29-52-55(49,50)53-30-35(41)40(47)48)28-51-38(45)23-19-16-15-18-22-33-34(37(44)27-36(33)43)26-25-31(42)21-17-6-4-2/h15,18,25-26,31-37,42-44H,3-14,16-17,19-24,27-30,41H2,1-2H3,(H,47,48)(H,49,50)/b18-15+,26-25+/t31-,32+,33+,34+,35-,36-,37+/m0/s1. The minimum absolute atomic E-state index is 0.0470. The van der Waals surface area contributed by atoms with Gasteiger partial charge in [0.25, 0.3) is 0 Å². The molecule has 0 aromatic rings. The Bertz CT molecular complexity index is 1150. The van der Waals surface area contributed by atoms with Crippen LogP contribution in [-0.4, -0.2) is 93.5 Å². The maximum Gasteiger partial charge on any atom is 0.472 e. The topological polar surface area (TPSA) is 232 Å².